The minimum absolute atomic E-state index is 0.0681. The molecule has 10 heteroatoms. The molecule has 0 radical (unpaired) electrons. The molecular weight excluding hydrogens is 464 g/mol. The first-order valence-electron chi connectivity index (χ1n) is 9.96. The zero-order chi connectivity index (χ0) is 22.3. The molecule has 0 bridgehead atoms. The highest BCUT2D eigenvalue weighted by Gasteiger charge is 2.31. The lowest BCUT2D eigenvalue weighted by atomic mass is 9.98. The van der Waals surface area contributed by atoms with Crippen LogP contribution in [-0.4, -0.2) is 49.7 Å². The number of benzene rings is 2. The Kier molecular flexibility index (Phi) is 6.29. The highest BCUT2D eigenvalue weighted by atomic mass is 35.5. The summed E-state index contributed by atoms with van der Waals surface area (Å²) in [6, 6.07) is 7.24. The van der Waals surface area contributed by atoms with E-state index in [0.717, 1.165) is 24.0 Å². The Morgan fingerprint density at radius 2 is 1.65 bits per heavy atom. The minimum Gasteiger partial charge on any atom is -0.366 e. The van der Waals surface area contributed by atoms with Crippen molar-refractivity contribution in [2.24, 2.45) is 5.73 Å². The second kappa shape index (κ2) is 8.67. The molecule has 0 spiro atoms. The van der Waals surface area contributed by atoms with Crippen molar-refractivity contribution >= 4 is 39.1 Å². The van der Waals surface area contributed by atoms with E-state index in [1.807, 2.05) is 0 Å². The van der Waals surface area contributed by atoms with Crippen molar-refractivity contribution in [2.45, 2.75) is 30.2 Å². The van der Waals surface area contributed by atoms with E-state index in [1.54, 1.807) is 6.07 Å². The maximum atomic E-state index is 14.4. The quantitative estimate of drug-likeness (QED) is 0.676. The third-order valence-corrected chi connectivity index (χ3v) is 8.02. The van der Waals surface area contributed by atoms with Crippen molar-refractivity contribution in [3.05, 3.63) is 62.9 Å². The zero-order valence-electron chi connectivity index (χ0n) is 16.7. The molecule has 2 fully saturated rings. The number of rotatable bonds is 6. The highest BCUT2D eigenvalue weighted by molar-refractivity contribution is 7.89. The standard InChI is InChI=1S/C21H22Cl2FN3O3S/c22-15-8-16(23)10-17(9-15)31(29,30)27-5-3-26(4-6-27)12-14-7-20(24)19(21(25)28)11-18(14)13-1-2-13/h7-11,13H,1-6,12H2,(H2,25,28). The largest absolute Gasteiger partial charge is 0.366 e. The van der Waals surface area contributed by atoms with E-state index in [0.29, 0.717) is 38.6 Å². The van der Waals surface area contributed by atoms with Crippen LogP contribution in [0.3, 0.4) is 0 Å². The van der Waals surface area contributed by atoms with E-state index >= 15 is 0 Å². The van der Waals surface area contributed by atoms with Crippen LogP contribution in [0.25, 0.3) is 0 Å². The maximum absolute atomic E-state index is 14.4. The highest BCUT2D eigenvalue weighted by Crippen LogP contribution is 2.42. The van der Waals surface area contributed by atoms with Crippen molar-refractivity contribution in [2.75, 3.05) is 26.2 Å². The van der Waals surface area contributed by atoms with Crippen LogP contribution >= 0.6 is 23.2 Å². The van der Waals surface area contributed by atoms with Crippen molar-refractivity contribution in [3.63, 3.8) is 0 Å². The number of amides is 1. The summed E-state index contributed by atoms with van der Waals surface area (Å²) in [6.07, 6.45) is 2.01. The van der Waals surface area contributed by atoms with Gasteiger partial charge in [0, 0.05) is 42.8 Å². The number of primary amides is 1. The molecule has 2 aliphatic rings. The smallest absolute Gasteiger partial charge is 0.251 e. The van der Waals surface area contributed by atoms with Gasteiger partial charge in [-0.05, 0) is 60.2 Å². The van der Waals surface area contributed by atoms with Crippen LogP contribution in [0.5, 0.6) is 0 Å². The number of hydrogen-bond acceptors (Lipinski definition) is 4. The molecule has 2 N–H and O–H groups in total. The van der Waals surface area contributed by atoms with Crippen LogP contribution in [0.1, 0.15) is 40.2 Å². The number of halogens is 3. The SMILES string of the molecule is NC(=O)c1cc(C2CC2)c(CN2CCN(S(=O)(=O)c3cc(Cl)cc(Cl)c3)CC2)cc1F. The molecular formula is C21H22Cl2FN3O3S. The summed E-state index contributed by atoms with van der Waals surface area (Å²) in [5, 5.41) is 0.525. The molecule has 0 unspecified atom stereocenters. The molecule has 0 atom stereocenters. The summed E-state index contributed by atoms with van der Waals surface area (Å²) in [5.41, 5.74) is 6.99. The van der Waals surface area contributed by atoms with Crippen molar-refractivity contribution in [1.29, 1.82) is 0 Å². The summed E-state index contributed by atoms with van der Waals surface area (Å²) < 4.78 is 41.7. The maximum Gasteiger partial charge on any atom is 0.251 e. The van der Waals surface area contributed by atoms with Crippen molar-refractivity contribution < 1.29 is 17.6 Å². The van der Waals surface area contributed by atoms with Gasteiger partial charge in [-0.15, -0.1) is 0 Å². The predicted molar refractivity (Wildman–Crippen MR) is 117 cm³/mol. The molecule has 4 rings (SSSR count). The summed E-state index contributed by atoms with van der Waals surface area (Å²) >= 11 is 11.9. The van der Waals surface area contributed by atoms with Gasteiger partial charge < -0.3 is 5.73 Å². The molecule has 1 amide bonds. The number of nitrogens with zero attached hydrogens (tertiary/aromatic N) is 2. The van der Waals surface area contributed by atoms with Crippen LogP contribution in [0, 0.1) is 5.82 Å². The van der Waals surface area contributed by atoms with Crippen LogP contribution < -0.4 is 5.73 Å². The Balaban J connectivity index is 1.47. The van der Waals surface area contributed by atoms with Crippen LogP contribution in [-0.2, 0) is 16.6 Å². The van der Waals surface area contributed by atoms with Gasteiger partial charge in [-0.3, -0.25) is 9.69 Å². The average molecular weight is 486 g/mol. The first-order valence-corrected chi connectivity index (χ1v) is 12.2. The number of carbonyl (C=O) groups is 1. The fourth-order valence-corrected chi connectivity index (χ4v) is 6.08. The van der Waals surface area contributed by atoms with E-state index in [2.05, 4.69) is 4.90 Å². The topological polar surface area (TPSA) is 83.7 Å². The molecule has 2 aromatic carbocycles. The number of carbonyl (C=O) groups excluding carboxylic acids is 1. The van der Waals surface area contributed by atoms with Gasteiger partial charge in [-0.1, -0.05) is 23.2 Å². The summed E-state index contributed by atoms with van der Waals surface area (Å²) in [5.74, 6) is -1.07. The Labute approximate surface area is 190 Å². The second-order valence-corrected chi connectivity index (χ2v) is 10.8. The number of piperazine rings is 1. The summed E-state index contributed by atoms with van der Waals surface area (Å²) in [7, 11) is -3.71. The molecule has 166 valence electrons. The Morgan fingerprint density at radius 1 is 1.03 bits per heavy atom. The lowest BCUT2D eigenvalue weighted by Crippen LogP contribution is -2.48. The lowest BCUT2D eigenvalue weighted by Gasteiger charge is -2.34. The van der Waals surface area contributed by atoms with Crippen LogP contribution in [0.15, 0.2) is 35.2 Å². The number of sulfonamides is 1. The van der Waals surface area contributed by atoms with Crippen LogP contribution in [0.2, 0.25) is 10.0 Å². The second-order valence-electron chi connectivity index (χ2n) is 7.95. The number of nitrogens with two attached hydrogens (primary N) is 1. The third kappa shape index (κ3) is 4.88. The van der Waals surface area contributed by atoms with Gasteiger partial charge in [0.15, 0.2) is 0 Å². The fourth-order valence-electron chi connectivity index (χ4n) is 3.93. The molecule has 6 nitrogen and oxygen atoms in total. The summed E-state index contributed by atoms with van der Waals surface area (Å²) in [4.78, 5) is 13.7. The monoisotopic (exact) mass is 485 g/mol. The third-order valence-electron chi connectivity index (χ3n) is 5.71. The van der Waals surface area contributed by atoms with Gasteiger partial charge in [0.1, 0.15) is 5.82 Å². The van der Waals surface area contributed by atoms with Gasteiger partial charge in [-0.25, -0.2) is 12.8 Å². The lowest BCUT2D eigenvalue weighted by molar-refractivity contribution is 0.0996. The van der Waals surface area contributed by atoms with E-state index < -0.39 is 21.7 Å². The molecule has 2 aromatic rings. The summed E-state index contributed by atoms with van der Waals surface area (Å²) in [6.45, 7) is 2.08. The van der Waals surface area contributed by atoms with E-state index in [-0.39, 0.29) is 20.5 Å². The molecule has 1 aliphatic carbocycles. The molecule has 0 aromatic heterocycles. The van der Waals surface area contributed by atoms with Gasteiger partial charge in [0.2, 0.25) is 10.0 Å². The molecule has 1 saturated heterocycles. The number of hydrogen-bond donors (Lipinski definition) is 1. The molecule has 31 heavy (non-hydrogen) atoms. The van der Waals surface area contributed by atoms with Crippen molar-refractivity contribution in [1.82, 2.24) is 9.21 Å². The average Bonchev–Trinajstić information content (AvgIpc) is 3.52. The first kappa shape index (κ1) is 22.5. The van der Waals surface area contributed by atoms with E-state index in [1.165, 1.54) is 28.6 Å². The predicted octanol–water partition coefficient (Wildman–Crippen LogP) is 3.62. The first-order chi connectivity index (χ1) is 14.6. The normalized spacial score (nSPS) is 18.3. The Bertz CT molecular complexity index is 1110. The Morgan fingerprint density at radius 3 is 2.19 bits per heavy atom. The van der Waals surface area contributed by atoms with Gasteiger partial charge >= 0.3 is 0 Å². The van der Waals surface area contributed by atoms with Crippen molar-refractivity contribution in [3.8, 4) is 0 Å². The van der Waals surface area contributed by atoms with E-state index in [4.69, 9.17) is 28.9 Å². The zero-order valence-corrected chi connectivity index (χ0v) is 19.0. The van der Waals surface area contributed by atoms with Gasteiger partial charge in [0.25, 0.3) is 5.91 Å². The Hall–Kier alpha value is -1.71. The fraction of sp³-hybridized carbons (Fsp3) is 0.381. The van der Waals surface area contributed by atoms with E-state index in [9.17, 15) is 17.6 Å². The minimum atomic E-state index is -3.71. The van der Waals surface area contributed by atoms with Gasteiger partial charge in [-0.2, -0.15) is 4.31 Å². The van der Waals surface area contributed by atoms with Gasteiger partial charge in [0.05, 0.1) is 10.5 Å². The molecule has 1 saturated carbocycles. The molecule has 1 aliphatic heterocycles. The van der Waals surface area contributed by atoms with Crippen LogP contribution in [0.4, 0.5) is 4.39 Å². The molecule has 1 heterocycles.